The lowest BCUT2D eigenvalue weighted by Crippen LogP contribution is -2.32. The number of nitrogen functional groups attached to an aromatic ring is 1. The first kappa shape index (κ1) is 12.5. The highest BCUT2D eigenvalue weighted by atomic mass is 35.5. The summed E-state index contributed by atoms with van der Waals surface area (Å²) in [5.41, 5.74) is 6.53. The molecule has 1 aliphatic rings. The summed E-state index contributed by atoms with van der Waals surface area (Å²) in [6.07, 6.45) is -0.882. The van der Waals surface area contributed by atoms with Crippen LogP contribution in [0.25, 0.3) is 11.2 Å². The molecule has 3 heterocycles. The predicted octanol–water partition coefficient (Wildman–Crippen LogP) is -0.734. The van der Waals surface area contributed by atoms with Crippen molar-refractivity contribution >= 4 is 28.6 Å². The Morgan fingerprint density at radius 1 is 1.32 bits per heavy atom. The first-order valence-electron chi connectivity index (χ1n) is 5.64. The normalized spacial score (nSPS) is 31.1. The number of hydrogen-bond acceptors (Lipinski definition) is 7. The minimum Gasteiger partial charge on any atom is -0.387 e. The summed E-state index contributed by atoms with van der Waals surface area (Å²) in [6.45, 7) is 0. The molecule has 0 amide bonds. The quantitative estimate of drug-likeness (QED) is 0.622. The van der Waals surface area contributed by atoms with Gasteiger partial charge in [0.15, 0.2) is 17.7 Å². The van der Waals surface area contributed by atoms with Crippen molar-refractivity contribution in [2.75, 3.05) is 11.6 Å². The lowest BCUT2D eigenvalue weighted by atomic mass is 10.1. The number of imidazole rings is 1. The van der Waals surface area contributed by atoms with Gasteiger partial charge in [0.05, 0.1) is 12.2 Å². The average molecular weight is 286 g/mol. The number of aromatic nitrogens is 4. The van der Waals surface area contributed by atoms with E-state index in [4.69, 9.17) is 22.1 Å². The van der Waals surface area contributed by atoms with Gasteiger partial charge in [-0.2, -0.15) is 0 Å². The van der Waals surface area contributed by atoms with Gasteiger partial charge < -0.3 is 20.7 Å². The highest BCUT2D eigenvalue weighted by Crippen LogP contribution is 2.32. The standard InChI is InChI=1S/C10H12ClN5O3/c11-1-4-6(17)7(18)10(19-4)16-3-15-5-8(12)13-2-14-9(5)16/h2-4,6-7,10,17-18H,1H2,(H2,12,13,14)/t4-,6+,7+,10+/m0/s1. The lowest BCUT2D eigenvalue weighted by molar-refractivity contribution is -0.0291. The number of halogens is 1. The molecular weight excluding hydrogens is 274 g/mol. The van der Waals surface area contributed by atoms with E-state index in [1.54, 1.807) is 0 Å². The summed E-state index contributed by atoms with van der Waals surface area (Å²) < 4.78 is 7.03. The van der Waals surface area contributed by atoms with E-state index in [9.17, 15) is 10.2 Å². The number of ether oxygens (including phenoxy) is 1. The van der Waals surface area contributed by atoms with Crippen LogP contribution < -0.4 is 5.73 Å². The van der Waals surface area contributed by atoms with Gasteiger partial charge in [0.1, 0.15) is 30.2 Å². The lowest BCUT2D eigenvalue weighted by Gasteiger charge is -2.16. The smallest absolute Gasteiger partial charge is 0.167 e. The Bertz CT molecular complexity index is 606. The van der Waals surface area contributed by atoms with Gasteiger partial charge in [-0.3, -0.25) is 4.57 Å². The monoisotopic (exact) mass is 285 g/mol. The molecule has 1 fully saturated rings. The molecular formula is C10H12ClN5O3. The van der Waals surface area contributed by atoms with E-state index in [2.05, 4.69) is 15.0 Å². The topological polar surface area (TPSA) is 119 Å². The molecule has 2 aromatic rings. The van der Waals surface area contributed by atoms with Crippen LogP contribution in [-0.2, 0) is 4.74 Å². The van der Waals surface area contributed by atoms with Crippen LogP contribution >= 0.6 is 11.6 Å². The fourth-order valence-corrected chi connectivity index (χ4v) is 2.40. The predicted molar refractivity (Wildman–Crippen MR) is 66.4 cm³/mol. The highest BCUT2D eigenvalue weighted by Gasteiger charge is 2.43. The second-order valence-electron chi connectivity index (χ2n) is 4.28. The number of alkyl halides is 1. The van der Waals surface area contributed by atoms with Crippen LogP contribution in [-0.4, -0.2) is 53.9 Å². The molecule has 4 N–H and O–H groups in total. The SMILES string of the molecule is Nc1ncnc2c1ncn2[C@@H]1O[C@@H](CCl)[C@@H](O)[C@H]1O. The Labute approximate surface area is 112 Å². The van der Waals surface area contributed by atoms with E-state index in [1.165, 1.54) is 17.2 Å². The molecule has 0 radical (unpaired) electrons. The van der Waals surface area contributed by atoms with Crippen LogP contribution in [0.15, 0.2) is 12.7 Å². The summed E-state index contributed by atoms with van der Waals surface area (Å²) in [7, 11) is 0. The van der Waals surface area contributed by atoms with Gasteiger partial charge in [-0.25, -0.2) is 15.0 Å². The zero-order valence-electron chi connectivity index (χ0n) is 9.72. The van der Waals surface area contributed by atoms with E-state index in [0.29, 0.717) is 11.2 Å². The van der Waals surface area contributed by atoms with Gasteiger partial charge in [-0.15, -0.1) is 11.6 Å². The Kier molecular flexibility index (Phi) is 3.02. The molecule has 1 aliphatic heterocycles. The van der Waals surface area contributed by atoms with Crippen molar-refractivity contribution in [3.63, 3.8) is 0 Å². The molecule has 0 unspecified atom stereocenters. The number of rotatable bonds is 2. The van der Waals surface area contributed by atoms with Crippen molar-refractivity contribution in [2.24, 2.45) is 0 Å². The van der Waals surface area contributed by atoms with Crippen LogP contribution in [0.1, 0.15) is 6.23 Å². The Balaban J connectivity index is 2.04. The number of hydrogen-bond donors (Lipinski definition) is 3. The Morgan fingerprint density at radius 3 is 2.79 bits per heavy atom. The molecule has 19 heavy (non-hydrogen) atoms. The number of nitrogens with zero attached hydrogens (tertiary/aromatic N) is 4. The molecule has 9 heteroatoms. The van der Waals surface area contributed by atoms with Crippen molar-refractivity contribution in [3.8, 4) is 0 Å². The first-order valence-corrected chi connectivity index (χ1v) is 6.17. The van der Waals surface area contributed by atoms with Gasteiger partial charge in [0, 0.05) is 0 Å². The van der Waals surface area contributed by atoms with E-state index in [0.717, 1.165) is 0 Å². The molecule has 0 bridgehead atoms. The van der Waals surface area contributed by atoms with Gasteiger partial charge in [0.2, 0.25) is 0 Å². The second-order valence-corrected chi connectivity index (χ2v) is 4.59. The van der Waals surface area contributed by atoms with E-state index >= 15 is 0 Å². The van der Waals surface area contributed by atoms with Gasteiger partial charge in [-0.1, -0.05) is 0 Å². The summed E-state index contributed by atoms with van der Waals surface area (Å²) in [5, 5.41) is 19.8. The third-order valence-corrected chi connectivity index (χ3v) is 3.45. The van der Waals surface area contributed by atoms with E-state index in [1.807, 2.05) is 0 Å². The molecule has 2 aromatic heterocycles. The molecule has 0 aromatic carbocycles. The van der Waals surface area contributed by atoms with E-state index < -0.39 is 24.5 Å². The largest absolute Gasteiger partial charge is 0.387 e. The number of nitrogens with two attached hydrogens (primary N) is 1. The van der Waals surface area contributed by atoms with Crippen molar-refractivity contribution in [3.05, 3.63) is 12.7 Å². The maximum Gasteiger partial charge on any atom is 0.167 e. The molecule has 8 nitrogen and oxygen atoms in total. The number of aliphatic hydroxyl groups excluding tert-OH is 2. The molecule has 0 saturated carbocycles. The summed E-state index contributed by atoms with van der Waals surface area (Å²) in [4.78, 5) is 12.0. The maximum atomic E-state index is 10.0. The fourth-order valence-electron chi connectivity index (χ4n) is 2.14. The van der Waals surface area contributed by atoms with Crippen LogP contribution in [0.5, 0.6) is 0 Å². The third kappa shape index (κ3) is 1.84. The average Bonchev–Trinajstić information content (AvgIpc) is 2.94. The molecule has 0 spiro atoms. The van der Waals surface area contributed by atoms with Crippen molar-refractivity contribution < 1.29 is 14.9 Å². The van der Waals surface area contributed by atoms with Crippen LogP contribution in [0, 0.1) is 0 Å². The van der Waals surface area contributed by atoms with Crippen LogP contribution in [0.3, 0.4) is 0 Å². The number of aliphatic hydroxyl groups is 2. The van der Waals surface area contributed by atoms with Gasteiger partial charge >= 0.3 is 0 Å². The zero-order chi connectivity index (χ0) is 13.6. The van der Waals surface area contributed by atoms with Crippen molar-refractivity contribution in [2.45, 2.75) is 24.5 Å². The third-order valence-electron chi connectivity index (χ3n) is 3.15. The zero-order valence-corrected chi connectivity index (χ0v) is 10.5. The highest BCUT2D eigenvalue weighted by molar-refractivity contribution is 6.18. The first-order chi connectivity index (χ1) is 9.13. The molecule has 0 aliphatic carbocycles. The Morgan fingerprint density at radius 2 is 2.11 bits per heavy atom. The molecule has 102 valence electrons. The molecule has 4 atom stereocenters. The van der Waals surface area contributed by atoms with Gasteiger partial charge in [-0.05, 0) is 0 Å². The number of anilines is 1. The summed E-state index contributed by atoms with van der Waals surface area (Å²) in [5.74, 6) is 0.323. The number of fused-ring (bicyclic) bond motifs is 1. The maximum absolute atomic E-state index is 10.0. The van der Waals surface area contributed by atoms with Crippen molar-refractivity contribution in [1.29, 1.82) is 0 Å². The van der Waals surface area contributed by atoms with Gasteiger partial charge in [0.25, 0.3) is 0 Å². The molecule has 3 rings (SSSR count). The molecule has 1 saturated heterocycles. The van der Waals surface area contributed by atoms with Crippen LogP contribution in [0.4, 0.5) is 5.82 Å². The van der Waals surface area contributed by atoms with E-state index in [-0.39, 0.29) is 11.7 Å². The summed E-state index contributed by atoms with van der Waals surface area (Å²) in [6, 6.07) is 0. The Hall–Kier alpha value is -1.48. The second kappa shape index (κ2) is 4.57. The van der Waals surface area contributed by atoms with Crippen LogP contribution in [0.2, 0.25) is 0 Å². The summed E-state index contributed by atoms with van der Waals surface area (Å²) >= 11 is 5.67. The fraction of sp³-hybridized carbons (Fsp3) is 0.500. The van der Waals surface area contributed by atoms with Crippen molar-refractivity contribution in [1.82, 2.24) is 19.5 Å². The minimum absolute atomic E-state index is 0.0818. The minimum atomic E-state index is -1.11.